The van der Waals surface area contributed by atoms with Gasteiger partial charge in [-0.3, -0.25) is 4.79 Å². The fourth-order valence-corrected chi connectivity index (χ4v) is 1.56. The lowest BCUT2D eigenvalue weighted by molar-refractivity contribution is -0.110. The lowest BCUT2D eigenvalue weighted by Gasteiger charge is -2.04. The quantitative estimate of drug-likeness (QED) is 0.591. The average molecular weight is 171 g/mol. The van der Waals surface area contributed by atoms with Gasteiger partial charge in [0.1, 0.15) is 0 Å². The van der Waals surface area contributed by atoms with Gasteiger partial charge in [0.15, 0.2) is 5.78 Å². The van der Waals surface area contributed by atoms with E-state index in [9.17, 15) is 4.79 Å². The van der Waals surface area contributed by atoms with Gasteiger partial charge in [0.25, 0.3) is 0 Å². The minimum absolute atomic E-state index is 0.112. The molecule has 2 heteroatoms. The third kappa shape index (κ3) is 7.66. The second-order valence-corrected chi connectivity index (χ2v) is 4.09. The summed E-state index contributed by atoms with van der Waals surface area (Å²) in [4.78, 5) is 10.4. The Balaban J connectivity index is 3.44. The monoisotopic (exact) mass is 171 g/mol. The highest BCUT2D eigenvalue weighted by Gasteiger charge is 1.96. The largest absolute Gasteiger partial charge is 0.295 e. The number of carbonyl (C=O) groups is 1. The van der Waals surface area contributed by atoms with Gasteiger partial charge in [0, 0.05) is 12.2 Å². The predicted molar refractivity (Wildman–Crippen MR) is 51.7 cm³/mol. The van der Waals surface area contributed by atoms with Gasteiger partial charge in [0.2, 0.25) is 0 Å². The molecule has 0 aliphatic carbocycles. The minimum atomic E-state index is -0.112. The molecule has 0 fully saturated rings. The van der Waals surface area contributed by atoms with Crippen molar-refractivity contribution < 1.29 is 4.79 Å². The van der Waals surface area contributed by atoms with Crippen molar-refractivity contribution in [1.82, 2.24) is 0 Å². The van der Waals surface area contributed by atoms with Crippen LogP contribution in [0.15, 0.2) is 12.2 Å². The van der Waals surface area contributed by atoms with Crippen LogP contribution in [0.1, 0.15) is 20.3 Å². The molecule has 0 heterocycles. The van der Waals surface area contributed by atoms with Gasteiger partial charge in [-0.2, -0.15) is 11.8 Å². The summed E-state index contributed by atoms with van der Waals surface area (Å²) in [5.41, 5.74) is 0. The molecule has 1 atom stereocenters. The Morgan fingerprint density at radius 2 is 2.36 bits per heavy atom. The summed E-state index contributed by atoms with van der Waals surface area (Å²) in [6.45, 7) is 7.54. The van der Waals surface area contributed by atoms with E-state index in [1.54, 1.807) is 0 Å². The average Bonchev–Trinajstić information content (AvgIpc) is 1.87. The van der Waals surface area contributed by atoms with Crippen molar-refractivity contribution in [3.05, 3.63) is 19.1 Å². The smallest absolute Gasteiger partial charge is 0.155 e. The summed E-state index contributed by atoms with van der Waals surface area (Å²) in [5, 5.41) is 0.607. The SMILES string of the molecule is [CH2]C(=O)C=CCC(C)SCC. The van der Waals surface area contributed by atoms with Crippen LogP contribution in [0.5, 0.6) is 0 Å². The van der Waals surface area contributed by atoms with E-state index < -0.39 is 0 Å². The van der Waals surface area contributed by atoms with E-state index in [-0.39, 0.29) is 5.78 Å². The molecular formula is C9H15OS. The summed E-state index contributed by atoms with van der Waals surface area (Å²) in [7, 11) is 0. The molecule has 63 valence electrons. The second-order valence-electron chi connectivity index (χ2n) is 2.37. The maximum atomic E-state index is 10.4. The van der Waals surface area contributed by atoms with Crippen LogP contribution in [0.2, 0.25) is 0 Å². The summed E-state index contributed by atoms with van der Waals surface area (Å²) in [5.74, 6) is 1.02. The Hall–Kier alpha value is -0.240. The summed E-state index contributed by atoms with van der Waals surface area (Å²) in [6, 6.07) is 0. The van der Waals surface area contributed by atoms with Crippen LogP contribution in [0.4, 0.5) is 0 Å². The number of thioether (sulfide) groups is 1. The van der Waals surface area contributed by atoms with Crippen LogP contribution >= 0.6 is 11.8 Å². The van der Waals surface area contributed by atoms with E-state index in [4.69, 9.17) is 0 Å². The van der Waals surface area contributed by atoms with E-state index >= 15 is 0 Å². The van der Waals surface area contributed by atoms with E-state index in [1.165, 1.54) is 6.08 Å². The highest BCUT2D eigenvalue weighted by atomic mass is 32.2. The van der Waals surface area contributed by atoms with Gasteiger partial charge in [-0.25, -0.2) is 0 Å². The van der Waals surface area contributed by atoms with Crippen LogP contribution in [0.25, 0.3) is 0 Å². The topological polar surface area (TPSA) is 17.1 Å². The Morgan fingerprint density at radius 1 is 1.73 bits per heavy atom. The number of ketones is 1. The van der Waals surface area contributed by atoms with Crippen molar-refractivity contribution in [3.63, 3.8) is 0 Å². The van der Waals surface area contributed by atoms with Gasteiger partial charge < -0.3 is 0 Å². The van der Waals surface area contributed by atoms with Crippen molar-refractivity contribution in [2.24, 2.45) is 0 Å². The summed E-state index contributed by atoms with van der Waals surface area (Å²) < 4.78 is 0. The van der Waals surface area contributed by atoms with Gasteiger partial charge in [-0.1, -0.05) is 19.9 Å². The van der Waals surface area contributed by atoms with Crippen LogP contribution in [-0.4, -0.2) is 16.8 Å². The molecule has 1 nitrogen and oxygen atoms in total. The van der Waals surface area contributed by atoms with Gasteiger partial charge in [-0.15, -0.1) is 0 Å². The van der Waals surface area contributed by atoms with Crippen LogP contribution < -0.4 is 0 Å². The zero-order valence-corrected chi connectivity index (χ0v) is 7.99. The molecule has 0 amide bonds. The predicted octanol–water partition coefficient (Wildman–Crippen LogP) is 2.48. The highest BCUT2D eigenvalue weighted by molar-refractivity contribution is 7.99. The third-order valence-corrected chi connectivity index (χ3v) is 2.32. The van der Waals surface area contributed by atoms with E-state index in [2.05, 4.69) is 20.8 Å². The van der Waals surface area contributed by atoms with Crippen molar-refractivity contribution in [1.29, 1.82) is 0 Å². The Bertz CT molecular complexity index is 140. The number of allylic oxidation sites excluding steroid dienone is 2. The lowest BCUT2D eigenvalue weighted by atomic mass is 10.3. The number of hydrogen-bond acceptors (Lipinski definition) is 2. The molecule has 1 radical (unpaired) electrons. The van der Waals surface area contributed by atoms with E-state index in [0.717, 1.165) is 12.2 Å². The zero-order chi connectivity index (χ0) is 8.69. The molecule has 0 aliphatic rings. The van der Waals surface area contributed by atoms with E-state index in [0.29, 0.717) is 5.25 Å². The number of carbonyl (C=O) groups excluding carboxylic acids is 1. The standard InChI is InChI=1S/C9H15OS/c1-4-11-9(3)7-5-6-8(2)10/h5-6,9H,2,4,7H2,1,3H3. The first kappa shape index (κ1) is 10.8. The Labute approximate surface area is 73.3 Å². The number of rotatable bonds is 5. The normalized spacial score (nSPS) is 13.7. The molecule has 0 aliphatic heterocycles. The minimum Gasteiger partial charge on any atom is -0.295 e. The molecule has 0 N–H and O–H groups in total. The molecule has 1 unspecified atom stereocenters. The molecule has 11 heavy (non-hydrogen) atoms. The van der Waals surface area contributed by atoms with Crippen LogP contribution in [0.3, 0.4) is 0 Å². The maximum Gasteiger partial charge on any atom is 0.155 e. The zero-order valence-electron chi connectivity index (χ0n) is 7.17. The molecule has 0 saturated heterocycles. The molecule has 0 aromatic heterocycles. The van der Waals surface area contributed by atoms with Crippen molar-refractivity contribution in [2.45, 2.75) is 25.5 Å². The fourth-order valence-electron chi connectivity index (χ4n) is 0.744. The summed E-state index contributed by atoms with van der Waals surface area (Å²) >= 11 is 1.90. The van der Waals surface area contributed by atoms with Crippen LogP contribution in [-0.2, 0) is 4.79 Å². The molecule has 0 rings (SSSR count). The fraction of sp³-hybridized carbons (Fsp3) is 0.556. The molecule has 0 spiro atoms. The first-order chi connectivity index (χ1) is 5.16. The van der Waals surface area contributed by atoms with Gasteiger partial charge >= 0.3 is 0 Å². The van der Waals surface area contributed by atoms with Crippen molar-refractivity contribution >= 4 is 17.5 Å². The molecular weight excluding hydrogens is 156 g/mol. The van der Waals surface area contributed by atoms with Crippen LogP contribution in [0, 0.1) is 6.92 Å². The first-order valence-corrected chi connectivity index (χ1v) is 4.85. The number of hydrogen-bond donors (Lipinski definition) is 0. The second kappa shape index (κ2) is 6.47. The molecule has 0 saturated carbocycles. The lowest BCUT2D eigenvalue weighted by Crippen LogP contribution is -1.94. The molecule has 0 aromatic rings. The molecule has 0 aromatic carbocycles. The third-order valence-electron chi connectivity index (χ3n) is 1.22. The van der Waals surface area contributed by atoms with Gasteiger partial charge in [-0.05, 0) is 18.2 Å². The maximum absolute atomic E-state index is 10.4. The van der Waals surface area contributed by atoms with Crippen molar-refractivity contribution in [2.75, 3.05) is 5.75 Å². The molecule has 0 bridgehead atoms. The summed E-state index contributed by atoms with van der Waals surface area (Å²) in [6.07, 6.45) is 4.38. The highest BCUT2D eigenvalue weighted by Crippen LogP contribution is 2.13. The van der Waals surface area contributed by atoms with E-state index in [1.807, 2.05) is 17.8 Å². The first-order valence-electron chi connectivity index (χ1n) is 3.81. The Morgan fingerprint density at radius 3 is 2.82 bits per heavy atom. The van der Waals surface area contributed by atoms with Gasteiger partial charge in [0.05, 0.1) is 0 Å². The van der Waals surface area contributed by atoms with Crippen molar-refractivity contribution in [3.8, 4) is 0 Å². The Kier molecular flexibility index (Phi) is 6.33.